The van der Waals surface area contributed by atoms with Crippen LogP contribution in [0.5, 0.6) is 0 Å². The van der Waals surface area contributed by atoms with Crippen LogP contribution in [-0.2, 0) is 11.3 Å². The van der Waals surface area contributed by atoms with Crippen molar-refractivity contribution in [3.05, 3.63) is 48.5 Å². The standard InChI is InChI=1S/C20H22FN5O/c1-13(2)9-26-10-17(19(25-26)14-3-5-15(21)6-4-14)18-7-8-22-20(24-18)23-16-11-27-12-16/h3-8,10,13,16H,9,11-12H2,1-2H3,(H,22,23,24). The molecule has 0 unspecified atom stereocenters. The second kappa shape index (κ2) is 7.44. The maximum Gasteiger partial charge on any atom is 0.223 e. The average Bonchev–Trinajstić information content (AvgIpc) is 3.02. The number of nitrogens with zero attached hydrogens (tertiary/aromatic N) is 4. The van der Waals surface area contributed by atoms with E-state index in [1.807, 2.05) is 16.9 Å². The SMILES string of the molecule is CC(C)Cn1cc(-c2ccnc(NC3COC3)n2)c(-c2ccc(F)cc2)n1. The number of aromatic nitrogens is 4. The highest BCUT2D eigenvalue weighted by Gasteiger charge is 2.20. The third-order valence-corrected chi connectivity index (χ3v) is 4.33. The Bertz CT molecular complexity index is 918. The van der Waals surface area contributed by atoms with Crippen molar-refractivity contribution in [2.75, 3.05) is 18.5 Å². The minimum atomic E-state index is -0.266. The molecular formula is C20H22FN5O. The molecule has 0 saturated carbocycles. The van der Waals surface area contributed by atoms with Crippen LogP contribution in [0.2, 0.25) is 0 Å². The molecule has 0 aliphatic carbocycles. The molecule has 7 heteroatoms. The molecule has 0 amide bonds. The summed E-state index contributed by atoms with van der Waals surface area (Å²) < 4.78 is 20.5. The largest absolute Gasteiger partial charge is 0.377 e. The molecule has 0 spiro atoms. The van der Waals surface area contributed by atoms with Crippen molar-refractivity contribution in [1.82, 2.24) is 19.7 Å². The van der Waals surface area contributed by atoms with Gasteiger partial charge in [-0.2, -0.15) is 5.10 Å². The maximum absolute atomic E-state index is 13.4. The molecule has 6 nitrogen and oxygen atoms in total. The van der Waals surface area contributed by atoms with E-state index in [1.54, 1.807) is 18.3 Å². The van der Waals surface area contributed by atoms with E-state index in [4.69, 9.17) is 9.84 Å². The number of nitrogens with one attached hydrogen (secondary N) is 1. The zero-order valence-electron chi connectivity index (χ0n) is 15.4. The first-order valence-corrected chi connectivity index (χ1v) is 9.09. The van der Waals surface area contributed by atoms with Gasteiger partial charge in [0.1, 0.15) is 11.5 Å². The van der Waals surface area contributed by atoms with Gasteiger partial charge in [0.15, 0.2) is 0 Å². The highest BCUT2D eigenvalue weighted by Crippen LogP contribution is 2.30. The first-order valence-electron chi connectivity index (χ1n) is 9.09. The quantitative estimate of drug-likeness (QED) is 0.721. The van der Waals surface area contributed by atoms with Gasteiger partial charge in [-0.1, -0.05) is 13.8 Å². The molecule has 1 aliphatic heterocycles. The van der Waals surface area contributed by atoms with Crippen LogP contribution in [0.15, 0.2) is 42.7 Å². The summed E-state index contributed by atoms with van der Waals surface area (Å²) in [6.45, 7) is 6.42. The van der Waals surface area contributed by atoms with Crippen LogP contribution in [0.25, 0.3) is 22.5 Å². The number of rotatable bonds is 6. The topological polar surface area (TPSA) is 64.9 Å². The van der Waals surface area contributed by atoms with E-state index in [-0.39, 0.29) is 11.9 Å². The summed E-state index contributed by atoms with van der Waals surface area (Å²) in [6.07, 6.45) is 3.73. The Labute approximate surface area is 157 Å². The monoisotopic (exact) mass is 367 g/mol. The lowest BCUT2D eigenvalue weighted by Crippen LogP contribution is -2.40. The van der Waals surface area contributed by atoms with Gasteiger partial charge < -0.3 is 10.1 Å². The van der Waals surface area contributed by atoms with Gasteiger partial charge in [0.2, 0.25) is 5.95 Å². The number of hydrogen-bond acceptors (Lipinski definition) is 5. The maximum atomic E-state index is 13.4. The predicted molar refractivity (Wildman–Crippen MR) is 102 cm³/mol. The van der Waals surface area contributed by atoms with Crippen molar-refractivity contribution in [2.45, 2.75) is 26.4 Å². The number of anilines is 1. The van der Waals surface area contributed by atoms with Gasteiger partial charge in [0.25, 0.3) is 0 Å². The van der Waals surface area contributed by atoms with Crippen molar-refractivity contribution in [2.24, 2.45) is 5.92 Å². The van der Waals surface area contributed by atoms with Crippen molar-refractivity contribution in [1.29, 1.82) is 0 Å². The lowest BCUT2D eigenvalue weighted by Gasteiger charge is -2.26. The predicted octanol–water partition coefficient (Wildman–Crippen LogP) is 3.61. The highest BCUT2D eigenvalue weighted by molar-refractivity contribution is 5.78. The van der Waals surface area contributed by atoms with Crippen LogP contribution in [-0.4, -0.2) is 39.0 Å². The van der Waals surface area contributed by atoms with Crippen LogP contribution in [0.3, 0.4) is 0 Å². The molecule has 0 bridgehead atoms. The molecule has 3 aromatic rings. The first-order chi connectivity index (χ1) is 13.1. The van der Waals surface area contributed by atoms with Gasteiger partial charge in [-0.15, -0.1) is 0 Å². The Balaban J connectivity index is 1.72. The van der Waals surface area contributed by atoms with Crippen LogP contribution in [0.1, 0.15) is 13.8 Å². The summed E-state index contributed by atoms with van der Waals surface area (Å²) in [5.41, 5.74) is 3.32. The molecule has 2 aromatic heterocycles. The summed E-state index contributed by atoms with van der Waals surface area (Å²) >= 11 is 0. The summed E-state index contributed by atoms with van der Waals surface area (Å²) in [4.78, 5) is 8.96. The van der Waals surface area contributed by atoms with Crippen LogP contribution >= 0.6 is 0 Å². The molecule has 1 aliphatic rings. The number of benzene rings is 1. The van der Waals surface area contributed by atoms with Gasteiger partial charge in [-0.3, -0.25) is 4.68 Å². The fraction of sp³-hybridized carbons (Fsp3) is 0.350. The number of halogens is 1. The van der Waals surface area contributed by atoms with Crippen molar-refractivity contribution in [3.63, 3.8) is 0 Å². The summed E-state index contributed by atoms with van der Waals surface area (Å²) in [5, 5.41) is 8.01. The number of hydrogen-bond donors (Lipinski definition) is 1. The molecule has 27 heavy (non-hydrogen) atoms. The van der Waals surface area contributed by atoms with E-state index >= 15 is 0 Å². The molecule has 3 heterocycles. The highest BCUT2D eigenvalue weighted by atomic mass is 19.1. The zero-order valence-corrected chi connectivity index (χ0v) is 15.4. The van der Waals surface area contributed by atoms with E-state index in [0.717, 1.165) is 29.1 Å². The van der Waals surface area contributed by atoms with Gasteiger partial charge in [0.05, 0.1) is 24.9 Å². The Morgan fingerprint density at radius 2 is 2.00 bits per heavy atom. The van der Waals surface area contributed by atoms with Gasteiger partial charge >= 0.3 is 0 Å². The van der Waals surface area contributed by atoms with Crippen LogP contribution in [0.4, 0.5) is 10.3 Å². The molecule has 1 fully saturated rings. The number of ether oxygens (including phenoxy) is 1. The van der Waals surface area contributed by atoms with E-state index < -0.39 is 0 Å². The summed E-state index contributed by atoms with van der Waals surface area (Å²) in [7, 11) is 0. The lowest BCUT2D eigenvalue weighted by atomic mass is 10.1. The molecular weight excluding hydrogens is 345 g/mol. The summed E-state index contributed by atoms with van der Waals surface area (Å²) in [5.74, 6) is 0.765. The van der Waals surface area contributed by atoms with Gasteiger partial charge in [-0.25, -0.2) is 14.4 Å². The van der Waals surface area contributed by atoms with Gasteiger partial charge in [0, 0.05) is 30.1 Å². The zero-order chi connectivity index (χ0) is 18.8. The summed E-state index contributed by atoms with van der Waals surface area (Å²) in [6, 6.07) is 8.50. The second-order valence-corrected chi connectivity index (χ2v) is 7.16. The molecule has 4 rings (SSSR count). The molecule has 0 radical (unpaired) electrons. The third kappa shape index (κ3) is 3.98. The van der Waals surface area contributed by atoms with Gasteiger partial charge in [-0.05, 0) is 36.2 Å². The van der Waals surface area contributed by atoms with E-state index in [2.05, 4.69) is 29.1 Å². The third-order valence-electron chi connectivity index (χ3n) is 4.33. The molecule has 140 valence electrons. The Hall–Kier alpha value is -2.80. The lowest BCUT2D eigenvalue weighted by molar-refractivity contribution is 0.0208. The smallest absolute Gasteiger partial charge is 0.223 e. The molecule has 0 atom stereocenters. The molecule has 1 aromatic carbocycles. The van der Waals surface area contributed by atoms with Crippen LogP contribution in [0, 0.1) is 11.7 Å². The minimum Gasteiger partial charge on any atom is -0.377 e. The van der Waals surface area contributed by atoms with E-state index in [0.29, 0.717) is 25.1 Å². The normalized spacial score (nSPS) is 14.4. The first kappa shape index (κ1) is 17.6. The van der Waals surface area contributed by atoms with Crippen LogP contribution < -0.4 is 5.32 Å². The van der Waals surface area contributed by atoms with Crippen molar-refractivity contribution < 1.29 is 9.13 Å². The molecule has 1 saturated heterocycles. The minimum absolute atomic E-state index is 0.250. The van der Waals surface area contributed by atoms with Crippen molar-refractivity contribution >= 4 is 5.95 Å². The van der Waals surface area contributed by atoms with Crippen molar-refractivity contribution in [3.8, 4) is 22.5 Å². The second-order valence-electron chi connectivity index (χ2n) is 7.16. The fourth-order valence-electron chi connectivity index (χ4n) is 2.98. The Morgan fingerprint density at radius 3 is 2.67 bits per heavy atom. The Morgan fingerprint density at radius 1 is 1.22 bits per heavy atom. The van der Waals surface area contributed by atoms with E-state index in [9.17, 15) is 4.39 Å². The Kier molecular flexibility index (Phi) is 4.85. The van der Waals surface area contributed by atoms with E-state index in [1.165, 1.54) is 12.1 Å². The molecule has 1 N–H and O–H groups in total. The fourth-order valence-corrected chi connectivity index (χ4v) is 2.98. The average molecular weight is 367 g/mol.